The van der Waals surface area contributed by atoms with Gasteiger partial charge in [-0.3, -0.25) is 9.59 Å². The number of rotatable bonds is 9. The number of carbonyl (C=O) groups excluding carboxylic acids is 2. The van der Waals surface area contributed by atoms with Crippen molar-refractivity contribution in [2.75, 3.05) is 6.54 Å². The summed E-state index contributed by atoms with van der Waals surface area (Å²) >= 11 is 0. The van der Waals surface area contributed by atoms with Crippen LogP contribution in [0.2, 0.25) is 0 Å². The van der Waals surface area contributed by atoms with E-state index in [9.17, 15) is 9.59 Å². The Labute approximate surface area is 184 Å². The van der Waals surface area contributed by atoms with Crippen LogP contribution >= 0.6 is 0 Å². The molecule has 0 bridgehead atoms. The number of ketones is 1. The predicted molar refractivity (Wildman–Crippen MR) is 125 cm³/mol. The first-order valence-electron chi connectivity index (χ1n) is 11.6. The second-order valence-corrected chi connectivity index (χ2v) is 8.60. The van der Waals surface area contributed by atoms with Gasteiger partial charge in [0.1, 0.15) is 0 Å². The Kier molecular flexibility index (Phi) is 6.98. The Morgan fingerprint density at radius 1 is 1.10 bits per heavy atom. The van der Waals surface area contributed by atoms with Crippen molar-refractivity contribution in [2.24, 2.45) is 0 Å². The lowest BCUT2D eigenvalue weighted by molar-refractivity contribution is 0.103. The number of aromatic nitrogens is 1. The number of nitrogens with zero attached hydrogens (tertiary/aromatic N) is 1. The van der Waals surface area contributed by atoms with Gasteiger partial charge >= 0.3 is 0 Å². The predicted octanol–water partition coefficient (Wildman–Crippen LogP) is 5.05. The van der Waals surface area contributed by atoms with Gasteiger partial charge in [-0.25, -0.2) is 0 Å². The Hall–Kier alpha value is -2.72. The molecule has 1 aliphatic carbocycles. The topological polar surface area (TPSA) is 50.6 Å². The average Bonchev–Trinajstić information content (AvgIpc) is 3.20. The average molecular weight is 416 g/mol. The zero-order chi connectivity index (χ0) is 21.6. The molecule has 1 aromatic carbocycles. The van der Waals surface area contributed by atoms with Crippen molar-refractivity contribution in [1.82, 2.24) is 9.72 Å². The third-order valence-electron chi connectivity index (χ3n) is 6.46. The van der Waals surface area contributed by atoms with Crippen LogP contribution in [0.5, 0.6) is 0 Å². The first kappa shape index (κ1) is 21.5. The second-order valence-electron chi connectivity index (χ2n) is 8.60. The first-order chi connectivity index (χ1) is 15.2. The zero-order valence-electron chi connectivity index (χ0n) is 18.3. The summed E-state index contributed by atoms with van der Waals surface area (Å²) in [6.45, 7) is 3.10. The van der Waals surface area contributed by atoms with Gasteiger partial charge in [0.25, 0.3) is 0 Å². The van der Waals surface area contributed by atoms with Gasteiger partial charge in [0.15, 0.2) is 0 Å². The van der Waals surface area contributed by atoms with Crippen LogP contribution < -0.4 is 5.32 Å². The molecule has 1 N–H and O–H groups in total. The fraction of sp³-hybridized carbons (Fsp3) is 0.407. The third-order valence-corrected chi connectivity index (χ3v) is 6.46. The van der Waals surface area contributed by atoms with Gasteiger partial charge in [0.05, 0.1) is 5.69 Å². The van der Waals surface area contributed by atoms with Crippen molar-refractivity contribution in [1.29, 1.82) is 0 Å². The molecule has 31 heavy (non-hydrogen) atoms. The number of hydrogen-bond acceptors (Lipinski definition) is 3. The van der Waals surface area contributed by atoms with E-state index < -0.39 is 0 Å². The lowest BCUT2D eigenvalue weighted by Crippen LogP contribution is -2.31. The molecule has 2 heterocycles. The molecule has 0 atom stereocenters. The molecule has 1 aliphatic rings. The summed E-state index contributed by atoms with van der Waals surface area (Å²) in [5.74, 6) is 0.0187. The molecule has 4 nitrogen and oxygen atoms in total. The number of aryl methyl sites for hydroxylation is 2. The van der Waals surface area contributed by atoms with Gasteiger partial charge in [0.2, 0.25) is 12.1 Å². The zero-order valence-corrected chi connectivity index (χ0v) is 18.3. The lowest BCUT2D eigenvalue weighted by Gasteiger charge is -2.22. The van der Waals surface area contributed by atoms with Crippen LogP contribution in [-0.2, 0) is 17.6 Å². The molecule has 0 aliphatic heterocycles. The van der Waals surface area contributed by atoms with E-state index in [1.807, 2.05) is 35.8 Å². The Bertz CT molecular complexity index is 1040. The molecule has 1 radical (unpaired) electrons. The van der Waals surface area contributed by atoms with Gasteiger partial charge < -0.3 is 9.72 Å². The lowest BCUT2D eigenvalue weighted by atomic mass is 9.95. The summed E-state index contributed by atoms with van der Waals surface area (Å²) in [6, 6.07) is 14.2. The number of hydrogen-bond donors (Lipinski definition) is 1. The van der Waals surface area contributed by atoms with Crippen molar-refractivity contribution in [3.05, 3.63) is 76.6 Å². The van der Waals surface area contributed by atoms with Crippen LogP contribution in [0.25, 0.3) is 5.52 Å². The minimum absolute atomic E-state index is 0.0187. The SMILES string of the molecule is CCc1cc2cc([C]=O)ccn2c1C(=O)c1ccc(CCCNC2CCCCC2)cc1. The van der Waals surface area contributed by atoms with Gasteiger partial charge in [-0.2, -0.15) is 0 Å². The van der Waals surface area contributed by atoms with Crippen LogP contribution in [0.4, 0.5) is 0 Å². The van der Waals surface area contributed by atoms with Gasteiger partial charge in [-0.15, -0.1) is 0 Å². The maximum atomic E-state index is 13.3. The molecule has 2 aromatic heterocycles. The molecular formula is C27H31N2O2. The number of fused-ring (bicyclic) bond motifs is 1. The number of nitrogens with one attached hydrogen (secondary N) is 1. The first-order valence-corrected chi connectivity index (χ1v) is 11.6. The highest BCUT2D eigenvalue weighted by atomic mass is 16.1. The fourth-order valence-corrected chi connectivity index (χ4v) is 4.69. The minimum Gasteiger partial charge on any atom is -0.314 e. The smallest absolute Gasteiger partial charge is 0.233 e. The fourth-order valence-electron chi connectivity index (χ4n) is 4.69. The molecule has 4 heteroatoms. The summed E-state index contributed by atoms with van der Waals surface area (Å²) in [7, 11) is 0. The van der Waals surface area contributed by atoms with Gasteiger partial charge in [-0.05, 0) is 68.0 Å². The van der Waals surface area contributed by atoms with Crippen LogP contribution in [0, 0.1) is 0 Å². The van der Waals surface area contributed by atoms with Crippen LogP contribution in [0.3, 0.4) is 0 Å². The second kappa shape index (κ2) is 10.1. The monoisotopic (exact) mass is 415 g/mol. The van der Waals surface area contributed by atoms with E-state index in [0.717, 1.165) is 36.9 Å². The summed E-state index contributed by atoms with van der Waals surface area (Å²) in [5, 5.41) is 3.70. The molecule has 1 fully saturated rings. The molecular weight excluding hydrogens is 384 g/mol. The van der Waals surface area contributed by atoms with E-state index in [-0.39, 0.29) is 5.78 Å². The van der Waals surface area contributed by atoms with E-state index >= 15 is 0 Å². The largest absolute Gasteiger partial charge is 0.314 e. The van der Waals surface area contributed by atoms with Crippen LogP contribution in [0.1, 0.15) is 78.2 Å². The standard InChI is InChI=1S/C27H31N2O2/c1-2-22-18-25-17-21(19-30)14-16-29(25)26(22)27(31)23-12-10-20(11-13-23)7-6-15-28-24-8-4-3-5-9-24/h10-14,16-18,24,28H,2-9,15H2,1H3. The molecule has 4 rings (SSSR count). The number of pyridine rings is 1. The van der Waals surface area contributed by atoms with E-state index in [2.05, 4.69) is 17.4 Å². The van der Waals surface area contributed by atoms with Crippen molar-refractivity contribution in [2.45, 2.75) is 64.3 Å². The summed E-state index contributed by atoms with van der Waals surface area (Å²) < 4.78 is 1.88. The number of carbonyl (C=O) groups is 1. The normalized spacial score (nSPS) is 14.7. The van der Waals surface area contributed by atoms with E-state index in [4.69, 9.17) is 0 Å². The number of benzene rings is 1. The van der Waals surface area contributed by atoms with Crippen LogP contribution in [0.15, 0.2) is 48.7 Å². The highest BCUT2D eigenvalue weighted by Gasteiger charge is 2.18. The van der Waals surface area contributed by atoms with Crippen LogP contribution in [-0.4, -0.2) is 29.1 Å². The van der Waals surface area contributed by atoms with Gasteiger partial charge in [-0.1, -0.05) is 50.5 Å². The van der Waals surface area contributed by atoms with Crippen molar-refractivity contribution < 1.29 is 9.59 Å². The van der Waals surface area contributed by atoms with E-state index in [0.29, 0.717) is 22.9 Å². The van der Waals surface area contributed by atoms with Crippen molar-refractivity contribution in [3.63, 3.8) is 0 Å². The maximum Gasteiger partial charge on any atom is 0.233 e. The highest BCUT2D eigenvalue weighted by Crippen LogP contribution is 2.22. The van der Waals surface area contributed by atoms with E-state index in [1.54, 1.807) is 18.3 Å². The minimum atomic E-state index is 0.0187. The summed E-state index contributed by atoms with van der Waals surface area (Å²) in [6.07, 6.45) is 13.4. The van der Waals surface area contributed by atoms with Crippen molar-refractivity contribution >= 4 is 17.6 Å². The molecule has 0 unspecified atom stereocenters. The summed E-state index contributed by atoms with van der Waals surface area (Å²) in [5.41, 5.74) is 4.98. The Balaban J connectivity index is 1.41. The maximum absolute atomic E-state index is 13.3. The highest BCUT2D eigenvalue weighted by molar-refractivity contribution is 6.09. The Morgan fingerprint density at radius 3 is 2.58 bits per heavy atom. The summed E-state index contributed by atoms with van der Waals surface area (Å²) in [4.78, 5) is 24.3. The molecule has 0 saturated heterocycles. The Morgan fingerprint density at radius 2 is 1.87 bits per heavy atom. The third kappa shape index (κ3) is 4.96. The van der Waals surface area contributed by atoms with Gasteiger partial charge in [0, 0.05) is 28.9 Å². The molecule has 0 spiro atoms. The van der Waals surface area contributed by atoms with Crippen molar-refractivity contribution in [3.8, 4) is 0 Å². The molecule has 3 aromatic rings. The molecule has 161 valence electrons. The van der Waals surface area contributed by atoms with E-state index in [1.165, 1.54) is 37.7 Å². The molecule has 1 saturated carbocycles. The molecule has 0 amide bonds. The quantitative estimate of drug-likeness (QED) is 0.393.